The maximum absolute atomic E-state index is 13.3. The molecule has 4 amide bonds. The van der Waals surface area contributed by atoms with E-state index >= 15 is 0 Å². The molecule has 2 rings (SSSR count). The topological polar surface area (TPSA) is 152 Å². The maximum atomic E-state index is 13.3. The monoisotopic (exact) mass is 540 g/mol. The van der Waals surface area contributed by atoms with Crippen LogP contribution in [-0.4, -0.2) is 67.7 Å². The first-order chi connectivity index (χ1) is 18.5. The summed E-state index contributed by atoms with van der Waals surface area (Å²) in [6, 6.07) is 16.2. The number of hydrogen-bond acceptors (Lipinski definition) is 7. The molecule has 0 unspecified atom stereocenters. The van der Waals surface area contributed by atoms with Crippen molar-refractivity contribution in [1.29, 1.82) is 0 Å². The van der Waals surface area contributed by atoms with Gasteiger partial charge in [-0.15, -0.1) is 0 Å². The highest BCUT2D eigenvalue weighted by atomic mass is 16.6. The van der Waals surface area contributed by atoms with Crippen molar-refractivity contribution in [2.24, 2.45) is 0 Å². The fourth-order valence-electron chi connectivity index (χ4n) is 3.47. The Morgan fingerprint density at radius 3 is 1.74 bits per heavy atom. The van der Waals surface area contributed by atoms with Gasteiger partial charge in [-0.1, -0.05) is 60.7 Å². The number of hydrogen-bond donors (Lipinski definition) is 4. The van der Waals surface area contributed by atoms with E-state index in [1.807, 2.05) is 36.4 Å². The smallest absolute Gasteiger partial charge is 0.408 e. The summed E-state index contributed by atoms with van der Waals surface area (Å²) in [4.78, 5) is 62.1. The molecule has 11 heteroatoms. The zero-order chi connectivity index (χ0) is 28.8. The van der Waals surface area contributed by atoms with Crippen LogP contribution in [0.25, 0.3) is 0 Å². The Bertz CT molecular complexity index is 1120. The molecule has 0 saturated heterocycles. The predicted octanol–water partition coefficient (Wildman–Crippen LogP) is 1.26. The molecule has 0 aliphatic carbocycles. The lowest BCUT2D eigenvalue weighted by Gasteiger charge is -2.23. The van der Waals surface area contributed by atoms with E-state index in [0.717, 1.165) is 11.1 Å². The summed E-state index contributed by atoms with van der Waals surface area (Å²) in [7, 11) is 1.23. The molecule has 0 fully saturated rings. The molecule has 39 heavy (non-hydrogen) atoms. The molecule has 0 spiro atoms. The Morgan fingerprint density at radius 2 is 1.23 bits per heavy atom. The number of ether oxygens (including phenoxy) is 2. The fraction of sp³-hybridized carbons (Fsp3) is 0.393. The number of nitrogens with one attached hydrogen (secondary N) is 4. The predicted molar refractivity (Wildman–Crippen MR) is 143 cm³/mol. The number of carbonyl (C=O) groups is 5. The van der Waals surface area contributed by atoms with Gasteiger partial charge in [-0.05, 0) is 31.9 Å². The van der Waals surface area contributed by atoms with E-state index in [2.05, 4.69) is 21.3 Å². The van der Waals surface area contributed by atoms with Crippen LogP contribution in [0, 0.1) is 0 Å². The number of esters is 1. The standard InChI is InChI=1S/C28H36N4O7/c1-28(2,3)39-27(37)30-17-23(33)29-18-24(34)31-21(15-19-11-7-5-8-12-19)25(35)32-22(26(36)38-4)16-20-13-9-6-10-14-20/h5-14,21-22H,15-18H2,1-4H3,(H,29,33)(H,30,37)(H,31,34)(H,32,35)/t21-,22-/m0/s1. The second-order valence-electron chi connectivity index (χ2n) is 9.72. The van der Waals surface area contributed by atoms with Gasteiger partial charge in [0, 0.05) is 12.8 Å². The van der Waals surface area contributed by atoms with Gasteiger partial charge in [0.2, 0.25) is 17.7 Å². The number of rotatable bonds is 12. The first-order valence-corrected chi connectivity index (χ1v) is 12.5. The van der Waals surface area contributed by atoms with E-state index in [1.165, 1.54) is 7.11 Å². The number of benzene rings is 2. The van der Waals surface area contributed by atoms with Crippen molar-refractivity contribution in [2.45, 2.75) is 51.3 Å². The minimum atomic E-state index is -1.04. The SMILES string of the molecule is COC(=O)[C@H](Cc1ccccc1)NC(=O)[C@H](Cc1ccccc1)NC(=O)CNC(=O)CNC(=O)OC(C)(C)C. The number of carbonyl (C=O) groups excluding carboxylic acids is 5. The molecule has 0 aliphatic heterocycles. The lowest BCUT2D eigenvalue weighted by molar-refractivity contribution is -0.145. The molecule has 0 radical (unpaired) electrons. The van der Waals surface area contributed by atoms with E-state index in [9.17, 15) is 24.0 Å². The van der Waals surface area contributed by atoms with Crippen LogP contribution in [0.4, 0.5) is 4.79 Å². The minimum Gasteiger partial charge on any atom is -0.467 e. The van der Waals surface area contributed by atoms with Crippen molar-refractivity contribution in [3.05, 3.63) is 71.8 Å². The van der Waals surface area contributed by atoms with Crippen LogP contribution in [0.1, 0.15) is 31.9 Å². The van der Waals surface area contributed by atoms with Crippen molar-refractivity contribution in [3.63, 3.8) is 0 Å². The average Bonchev–Trinajstić information content (AvgIpc) is 2.89. The average molecular weight is 541 g/mol. The number of amides is 4. The molecule has 4 N–H and O–H groups in total. The zero-order valence-corrected chi connectivity index (χ0v) is 22.6. The third-order valence-electron chi connectivity index (χ3n) is 5.26. The van der Waals surface area contributed by atoms with Gasteiger partial charge in [-0.3, -0.25) is 14.4 Å². The fourth-order valence-corrected chi connectivity index (χ4v) is 3.47. The summed E-state index contributed by atoms with van der Waals surface area (Å²) >= 11 is 0. The van der Waals surface area contributed by atoms with Gasteiger partial charge >= 0.3 is 12.1 Å². The highest BCUT2D eigenvalue weighted by molar-refractivity contribution is 5.92. The summed E-state index contributed by atoms with van der Waals surface area (Å²) in [5, 5.41) is 9.98. The number of alkyl carbamates (subject to hydrolysis) is 1. The van der Waals surface area contributed by atoms with Crippen molar-refractivity contribution >= 4 is 29.8 Å². The van der Waals surface area contributed by atoms with E-state index in [4.69, 9.17) is 9.47 Å². The van der Waals surface area contributed by atoms with Crippen molar-refractivity contribution in [1.82, 2.24) is 21.3 Å². The van der Waals surface area contributed by atoms with Gasteiger partial charge in [0.15, 0.2) is 0 Å². The summed E-state index contributed by atoms with van der Waals surface area (Å²) in [6.07, 6.45) is -0.421. The summed E-state index contributed by atoms with van der Waals surface area (Å²) < 4.78 is 9.93. The highest BCUT2D eigenvalue weighted by Crippen LogP contribution is 2.08. The van der Waals surface area contributed by atoms with Gasteiger partial charge in [-0.25, -0.2) is 9.59 Å². The molecule has 0 aromatic heterocycles. The van der Waals surface area contributed by atoms with Gasteiger partial charge in [0.05, 0.1) is 13.7 Å². The molecular formula is C28H36N4O7. The van der Waals surface area contributed by atoms with Crippen LogP contribution in [0.2, 0.25) is 0 Å². The lowest BCUT2D eigenvalue weighted by atomic mass is 10.0. The first kappa shape index (κ1) is 30.8. The van der Waals surface area contributed by atoms with Crippen LogP contribution in [0.15, 0.2) is 60.7 Å². The third kappa shape index (κ3) is 12.1. The van der Waals surface area contributed by atoms with E-state index in [0.29, 0.717) is 0 Å². The number of methoxy groups -OCH3 is 1. The van der Waals surface area contributed by atoms with Crippen LogP contribution < -0.4 is 21.3 Å². The van der Waals surface area contributed by atoms with E-state index in [1.54, 1.807) is 45.0 Å². The third-order valence-corrected chi connectivity index (χ3v) is 5.26. The Morgan fingerprint density at radius 1 is 0.718 bits per heavy atom. The van der Waals surface area contributed by atoms with Gasteiger partial charge in [0.25, 0.3) is 0 Å². The second kappa shape index (κ2) is 15.1. The Kier molecular flexibility index (Phi) is 11.9. The molecular weight excluding hydrogens is 504 g/mol. The van der Waals surface area contributed by atoms with Crippen LogP contribution in [-0.2, 0) is 41.5 Å². The normalized spacial score (nSPS) is 12.3. The van der Waals surface area contributed by atoms with Crippen molar-refractivity contribution in [3.8, 4) is 0 Å². The molecule has 2 aromatic rings. The molecule has 2 aromatic carbocycles. The molecule has 0 heterocycles. The molecule has 11 nitrogen and oxygen atoms in total. The Labute approximate surface area is 228 Å². The van der Waals surface area contributed by atoms with E-state index in [-0.39, 0.29) is 12.8 Å². The highest BCUT2D eigenvalue weighted by Gasteiger charge is 2.28. The summed E-state index contributed by atoms with van der Waals surface area (Å²) in [5.74, 6) is -2.46. The molecule has 0 saturated carbocycles. The van der Waals surface area contributed by atoms with Crippen molar-refractivity contribution < 1.29 is 33.4 Å². The zero-order valence-electron chi connectivity index (χ0n) is 22.6. The van der Waals surface area contributed by atoms with Crippen molar-refractivity contribution in [2.75, 3.05) is 20.2 Å². The summed E-state index contributed by atoms with van der Waals surface area (Å²) in [6.45, 7) is 4.24. The van der Waals surface area contributed by atoms with Gasteiger partial charge in [0.1, 0.15) is 24.2 Å². The molecule has 210 valence electrons. The van der Waals surface area contributed by atoms with Gasteiger partial charge in [-0.2, -0.15) is 0 Å². The molecule has 0 bridgehead atoms. The van der Waals surface area contributed by atoms with Crippen LogP contribution in [0.5, 0.6) is 0 Å². The molecule has 0 aliphatic rings. The lowest BCUT2D eigenvalue weighted by Crippen LogP contribution is -2.54. The molecule has 2 atom stereocenters. The van der Waals surface area contributed by atoms with E-state index < -0.39 is 60.6 Å². The summed E-state index contributed by atoms with van der Waals surface area (Å²) in [5.41, 5.74) is 0.878. The largest absolute Gasteiger partial charge is 0.467 e. The minimum absolute atomic E-state index is 0.145. The van der Waals surface area contributed by atoms with Crippen LogP contribution >= 0.6 is 0 Å². The maximum Gasteiger partial charge on any atom is 0.408 e. The first-order valence-electron chi connectivity index (χ1n) is 12.5. The Balaban J connectivity index is 2.02. The second-order valence-corrected chi connectivity index (χ2v) is 9.72. The quantitative estimate of drug-likeness (QED) is 0.296. The Hall–Kier alpha value is -4.41. The van der Waals surface area contributed by atoms with Crippen LogP contribution in [0.3, 0.4) is 0 Å². The van der Waals surface area contributed by atoms with Gasteiger partial charge < -0.3 is 30.7 Å².